The van der Waals surface area contributed by atoms with E-state index in [2.05, 4.69) is 0 Å². The molecule has 20 heteroatoms. The van der Waals surface area contributed by atoms with Crippen LogP contribution in [0.3, 0.4) is 0 Å². The van der Waals surface area contributed by atoms with Gasteiger partial charge in [0.2, 0.25) is 6.29 Å². The minimum absolute atomic E-state index is 0.114. The van der Waals surface area contributed by atoms with Crippen LogP contribution in [-0.4, -0.2) is 164 Å². The van der Waals surface area contributed by atoms with Crippen LogP contribution in [0, 0.1) is 0 Å². The molecule has 0 bridgehead atoms. The van der Waals surface area contributed by atoms with Gasteiger partial charge in [-0.25, -0.2) is 0 Å². The number of phenols is 1. The van der Waals surface area contributed by atoms with Crippen LogP contribution >= 0.6 is 0 Å². The zero-order valence-electron chi connectivity index (χ0n) is 30.1. The van der Waals surface area contributed by atoms with Crippen LogP contribution in [0.15, 0.2) is 51.7 Å². The van der Waals surface area contributed by atoms with Crippen molar-refractivity contribution in [2.24, 2.45) is 0 Å². The van der Waals surface area contributed by atoms with Crippen LogP contribution < -0.4 is 14.9 Å². The van der Waals surface area contributed by atoms with E-state index in [0.29, 0.717) is 11.3 Å². The van der Waals surface area contributed by atoms with Crippen molar-refractivity contribution < 1.29 is 93.1 Å². The van der Waals surface area contributed by atoms with Gasteiger partial charge in [0.25, 0.3) is 0 Å². The maximum Gasteiger partial charge on any atom is 0.302 e. The summed E-state index contributed by atoms with van der Waals surface area (Å²) in [6.07, 6.45) is -25.1. The molecule has 3 saturated heterocycles. The number of hydrogen-bond acceptors (Lipinski definition) is 20. The number of phenolic OH excluding ortho intramolecular Hbond substituents is 1. The van der Waals surface area contributed by atoms with E-state index in [4.69, 9.17) is 42.3 Å². The lowest BCUT2D eigenvalue weighted by Gasteiger charge is -2.47. The fourth-order valence-electron chi connectivity index (χ4n) is 6.62. The Balaban J connectivity index is 1.25. The highest BCUT2D eigenvalue weighted by Gasteiger charge is 2.53. The molecule has 0 saturated carbocycles. The Hall–Kier alpha value is -4.00. The molecule has 3 fully saturated rings. The average molecular weight is 797 g/mol. The second kappa shape index (κ2) is 17.2. The van der Waals surface area contributed by atoms with Crippen molar-refractivity contribution in [2.45, 2.75) is 106 Å². The number of fused-ring (bicyclic) bond motifs is 1. The molecule has 0 aliphatic carbocycles. The van der Waals surface area contributed by atoms with E-state index in [0.717, 1.165) is 13.0 Å². The van der Waals surface area contributed by atoms with E-state index >= 15 is 0 Å². The van der Waals surface area contributed by atoms with Crippen LogP contribution in [0.25, 0.3) is 22.3 Å². The lowest BCUT2D eigenvalue weighted by Crippen LogP contribution is -2.66. The lowest BCUT2D eigenvalue weighted by molar-refractivity contribution is -0.376. The summed E-state index contributed by atoms with van der Waals surface area (Å²) in [4.78, 5) is 24.7. The summed E-state index contributed by atoms with van der Waals surface area (Å²) in [6, 6.07) is 10.1. The van der Waals surface area contributed by atoms with Crippen molar-refractivity contribution in [3.8, 4) is 28.6 Å². The predicted molar refractivity (Wildman–Crippen MR) is 184 cm³/mol. The van der Waals surface area contributed by atoms with Gasteiger partial charge in [-0.1, -0.05) is 0 Å². The fraction of sp³-hybridized carbons (Fsp3) is 0.556. The van der Waals surface area contributed by atoms with Gasteiger partial charge in [-0.2, -0.15) is 0 Å². The Morgan fingerprint density at radius 2 is 1.34 bits per heavy atom. The average Bonchev–Trinajstić information content (AvgIpc) is 3.17. The third kappa shape index (κ3) is 8.48. The van der Waals surface area contributed by atoms with E-state index in [1.54, 1.807) is 24.3 Å². The number of hydrogen-bond donors (Lipinski definition) is 9. The molecule has 0 spiro atoms. The molecular formula is C36H44O20. The van der Waals surface area contributed by atoms with E-state index in [-0.39, 0.29) is 22.5 Å². The molecule has 0 unspecified atom stereocenters. The Bertz CT molecular complexity index is 1870. The number of aliphatic hydroxyl groups is 8. The Kier molecular flexibility index (Phi) is 12.8. The third-order valence-electron chi connectivity index (χ3n) is 9.71. The number of benzene rings is 2. The van der Waals surface area contributed by atoms with Gasteiger partial charge in [-0.15, -0.1) is 0 Å². The number of carbonyl (C=O) groups is 1. The highest BCUT2D eigenvalue weighted by atomic mass is 16.8. The number of methoxy groups -OCH3 is 1. The molecule has 3 aliphatic rings. The molecular weight excluding hydrogens is 752 g/mol. The highest BCUT2D eigenvalue weighted by molar-refractivity contribution is 5.86. The summed E-state index contributed by atoms with van der Waals surface area (Å²) in [7, 11) is 1.50. The third-order valence-corrected chi connectivity index (χ3v) is 9.71. The zero-order chi connectivity index (χ0) is 40.6. The molecule has 308 valence electrons. The highest BCUT2D eigenvalue weighted by Crippen LogP contribution is 2.36. The summed E-state index contributed by atoms with van der Waals surface area (Å²) in [6.45, 7) is 1.21. The van der Waals surface area contributed by atoms with Crippen LogP contribution in [0.2, 0.25) is 0 Å². The molecule has 0 amide bonds. The monoisotopic (exact) mass is 796 g/mol. The van der Waals surface area contributed by atoms with Crippen LogP contribution in [-0.2, 0) is 33.2 Å². The van der Waals surface area contributed by atoms with Crippen molar-refractivity contribution in [1.29, 1.82) is 0 Å². The van der Waals surface area contributed by atoms with Crippen LogP contribution in [0.5, 0.6) is 17.2 Å². The molecule has 15 atom stereocenters. The lowest BCUT2D eigenvalue weighted by atomic mass is 9.96. The van der Waals surface area contributed by atoms with Gasteiger partial charge in [0, 0.05) is 30.7 Å². The number of rotatable bonds is 11. The van der Waals surface area contributed by atoms with Gasteiger partial charge in [-0.3, -0.25) is 9.59 Å². The van der Waals surface area contributed by atoms with Gasteiger partial charge in [-0.05, 0) is 31.2 Å². The number of carbonyl (C=O) groups excluding carboxylic acids is 1. The van der Waals surface area contributed by atoms with Gasteiger partial charge in [0.15, 0.2) is 24.1 Å². The van der Waals surface area contributed by atoms with Crippen molar-refractivity contribution in [2.75, 3.05) is 20.3 Å². The maximum absolute atomic E-state index is 13.1. The van der Waals surface area contributed by atoms with Gasteiger partial charge < -0.3 is 88.3 Å². The molecule has 20 nitrogen and oxygen atoms in total. The SMILES string of the molecule is COc1ccc(-c2cc(=O)c3c(O)cc(O[C@@H]4O[C@H](COC(C)=O)[C@@H](O)[C@H](O)[C@H]4O[C@@H]4O[C@H](C)[C@@H](O[C@@H]5O[C@H](CO)[C@@H](O)[C@H](O)[C@H]5O)[C@H](O)[C@@H]4O)cc3o2)cc1. The van der Waals surface area contributed by atoms with E-state index in [9.17, 15) is 55.5 Å². The summed E-state index contributed by atoms with van der Waals surface area (Å²) in [5.74, 6) is -0.765. The normalized spacial score (nSPS) is 36.2. The standard InChI is InChI=1S/C36H44O20/c1-13-32(55-35-30(46)27(43)25(41)22(11-37)53-35)29(45)31(47)34(50-13)56-33-28(44)26(42)23(12-49-14(2)38)54-36(33)51-17-8-18(39)24-19(40)10-20(52-21(24)9-17)15-4-6-16(48-3)7-5-15/h4-10,13,22-23,25-37,39,41-47H,11-12H2,1-3H3/t13-,22-,23-,25-,26-,27+,28+,29-,30-,31+,32-,33-,34+,35+,36-/m1/s1. The summed E-state index contributed by atoms with van der Waals surface area (Å²) in [5, 5.41) is 95.4. The number of esters is 1. The Morgan fingerprint density at radius 3 is 2.00 bits per heavy atom. The summed E-state index contributed by atoms with van der Waals surface area (Å²) < 4.78 is 50.7. The summed E-state index contributed by atoms with van der Waals surface area (Å²) >= 11 is 0. The molecule has 3 aliphatic heterocycles. The predicted octanol–water partition coefficient (Wildman–Crippen LogP) is -2.40. The quantitative estimate of drug-likeness (QED) is 0.0914. The Labute approximate surface area is 317 Å². The number of aromatic hydroxyl groups is 1. The molecule has 56 heavy (non-hydrogen) atoms. The molecule has 4 heterocycles. The smallest absolute Gasteiger partial charge is 0.302 e. The zero-order valence-corrected chi connectivity index (χ0v) is 30.1. The Morgan fingerprint density at radius 1 is 0.732 bits per heavy atom. The van der Waals surface area contributed by atoms with Gasteiger partial charge in [0.05, 0.1) is 19.8 Å². The number of aliphatic hydroxyl groups excluding tert-OH is 8. The first kappa shape index (κ1) is 41.6. The molecule has 0 radical (unpaired) electrons. The number of ether oxygens (including phenoxy) is 8. The van der Waals surface area contributed by atoms with Crippen LogP contribution in [0.4, 0.5) is 0 Å². The van der Waals surface area contributed by atoms with Crippen molar-refractivity contribution in [3.63, 3.8) is 0 Å². The molecule has 3 aromatic rings. The van der Waals surface area contributed by atoms with Gasteiger partial charge >= 0.3 is 5.97 Å². The van der Waals surface area contributed by atoms with Crippen molar-refractivity contribution >= 4 is 16.9 Å². The molecule has 2 aromatic carbocycles. The van der Waals surface area contributed by atoms with E-state index in [1.165, 1.54) is 26.2 Å². The first-order valence-corrected chi connectivity index (χ1v) is 17.5. The first-order chi connectivity index (χ1) is 26.6. The molecule has 6 rings (SSSR count). The minimum atomic E-state index is -1.96. The first-order valence-electron chi connectivity index (χ1n) is 17.5. The molecule has 1 aromatic heterocycles. The second-order valence-electron chi connectivity index (χ2n) is 13.6. The van der Waals surface area contributed by atoms with E-state index in [1.807, 2.05) is 0 Å². The summed E-state index contributed by atoms with van der Waals surface area (Å²) in [5.41, 5.74) is -0.188. The minimum Gasteiger partial charge on any atom is -0.507 e. The van der Waals surface area contributed by atoms with Gasteiger partial charge in [0.1, 0.15) is 102 Å². The second-order valence-corrected chi connectivity index (χ2v) is 13.6. The largest absolute Gasteiger partial charge is 0.507 e. The maximum atomic E-state index is 13.1. The fourth-order valence-corrected chi connectivity index (χ4v) is 6.62. The van der Waals surface area contributed by atoms with Crippen LogP contribution in [0.1, 0.15) is 13.8 Å². The van der Waals surface area contributed by atoms with E-state index < -0.39 is 122 Å². The topological polar surface area (TPSA) is 303 Å². The van der Waals surface area contributed by atoms with Crippen molar-refractivity contribution in [1.82, 2.24) is 0 Å². The molecule has 9 N–H and O–H groups in total. The van der Waals surface area contributed by atoms with Crippen molar-refractivity contribution in [3.05, 3.63) is 52.7 Å².